The van der Waals surface area contributed by atoms with E-state index in [-0.39, 0.29) is 10.9 Å². The molecular formula is C14H15Cl2NO2S. The predicted molar refractivity (Wildman–Crippen MR) is 78.5 cm³/mol. The topological polar surface area (TPSA) is 37.4 Å². The van der Waals surface area contributed by atoms with Crippen LogP contribution in [0, 0.1) is 17.8 Å². The fraction of sp³-hybridized carbons (Fsp3) is 0.571. The molecular weight excluding hydrogens is 317 g/mol. The SMILES string of the molecule is O=S(=O)(c1cc(Cl)cc(Cl)c1)N1C[C@@H]2[C@H]3CC[C@@H](C3)[C@H]21. The van der Waals surface area contributed by atoms with Crippen LogP contribution in [-0.2, 0) is 10.0 Å². The third-order valence-corrected chi connectivity index (χ3v) is 7.48. The number of rotatable bonds is 2. The molecule has 1 aromatic carbocycles. The van der Waals surface area contributed by atoms with E-state index in [1.54, 1.807) is 10.4 Å². The summed E-state index contributed by atoms with van der Waals surface area (Å²) in [6.45, 7) is 0.665. The van der Waals surface area contributed by atoms with Crippen molar-refractivity contribution in [1.29, 1.82) is 0 Å². The number of halogens is 2. The van der Waals surface area contributed by atoms with E-state index in [0.29, 0.717) is 28.4 Å². The van der Waals surface area contributed by atoms with Gasteiger partial charge in [-0.05, 0) is 55.2 Å². The van der Waals surface area contributed by atoms with Gasteiger partial charge in [0.05, 0.1) is 4.90 Å². The van der Waals surface area contributed by atoms with Crippen molar-refractivity contribution in [2.24, 2.45) is 17.8 Å². The molecule has 0 aromatic heterocycles. The minimum atomic E-state index is -3.46. The normalized spacial score (nSPS) is 35.9. The van der Waals surface area contributed by atoms with E-state index in [9.17, 15) is 8.42 Å². The predicted octanol–water partition coefficient (Wildman–Crippen LogP) is 3.41. The largest absolute Gasteiger partial charge is 0.243 e. The summed E-state index contributed by atoms with van der Waals surface area (Å²) in [5, 5.41) is 0.724. The zero-order valence-electron chi connectivity index (χ0n) is 10.8. The Morgan fingerprint density at radius 1 is 1.05 bits per heavy atom. The highest BCUT2D eigenvalue weighted by Gasteiger charge is 2.59. The van der Waals surface area contributed by atoms with Gasteiger partial charge in [-0.15, -0.1) is 0 Å². The second kappa shape index (κ2) is 4.35. The molecule has 3 nitrogen and oxygen atoms in total. The van der Waals surface area contributed by atoms with Gasteiger partial charge < -0.3 is 0 Å². The average Bonchev–Trinajstić information content (AvgIpc) is 2.83. The molecule has 0 unspecified atom stereocenters. The first-order valence-corrected chi connectivity index (χ1v) is 9.14. The molecule has 6 heteroatoms. The third-order valence-electron chi connectivity index (χ3n) is 5.21. The lowest BCUT2D eigenvalue weighted by Gasteiger charge is -2.49. The van der Waals surface area contributed by atoms with Crippen molar-refractivity contribution in [3.05, 3.63) is 28.2 Å². The molecule has 2 saturated carbocycles. The fourth-order valence-electron chi connectivity index (χ4n) is 4.35. The Bertz CT molecular complexity index is 654. The second-order valence-corrected chi connectivity index (χ2v) is 8.93. The highest BCUT2D eigenvalue weighted by Crippen LogP contribution is 2.56. The van der Waals surface area contributed by atoms with Gasteiger partial charge in [-0.1, -0.05) is 23.2 Å². The van der Waals surface area contributed by atoms with E-state index in [4.69, 9.17) is 23.2 Å². The van der Waals surface area contributed by atoms with Crippen LogP contribution in [0.5, 0.6) is 0 Å². The van der Waals surface area contributed by atoms with E-state index in [0.717, 1.165) is 5.92 Å². The summed E-state index contributed by atoms with van der Waals surface area (Å²) in [6, 6.07) is 4.75. The molecule has 2 aliphatic carbocycles. The molecule has 108 valence electrons. The molecule has 0 spiro atoms. The summed E-state index contributed by atoms with van der Waals surface area (Å²) in [5.41, 5.74) is 0. The van der Waals surface area contributed by atoms with Gasteiger partial charge in [-0.3, -0.25) is 0 Å². The van der Waals surface area contributed by atoms with Gasteiger partial charge in [-0.2, -0.15) is 4.31 Å². The molecule has 0 amide bonds. The summed E-state index contributed by atoms with van der Waals surface area (Å²) in [4.78, 5) is 0.219. The van der Waals surface area contributed by atoms with Crippen LogP contribution in [0.1, 0.15) is 19.3 Å². The number of benzene rings is 1. The van der Waals surface area contributed by atoms with Crippen molar-refractivity contribution in [2.75, 3.05) is 6.54 Å². The number of sulfonamides is 1. The Morgan fingerprint density at radius 3 is 2.35 bits per heavy atom. The number of fused-ring (bicyclic) bond motifs is 5. The van der Waals surface area contributed by atoms with E-state index in [1.807, 2.05) is 0 Å². The second-order valence-electron chi connectivity index (χ2n) is 6.17. The lowest BCUT2D eigenvalue weighted by Crippen LogP contribution is -2.60. The van der Waals surface area contributed by atoms with Gasteiger partial charge in [0.1, 0.15) is 0 Å². The highest BCUT2D eigenvalue weighted by atomic mass is 35.5. The van der Waals surface area contributed by atoms with Crippen LogP contribution in [-0.4, -0.2) is 25.3 Å². The van der Waals surface area contributed by atoms with Crippen LogP contribution in [0.15, 0.2) is 23.1 Å². The quantitative estimate of drug-likeness (QED) is 0.832. The van der Waals surface area contributed by atoms with Crippen LogP contribution >= 0.6 is 23.2 Å². The smallest absolute Gasteiger partial charge is 0.207 e. The molecule has 4 rings (SSSR count). The summed E-state index contributed by atoms with van der Waals surface area (Å²) in [7, 11) is -3.46. The first-order valence-electron chi connectivity index (χ1n) is 6.95. The van der Waals surface area contributed by atoms with Crippen molar-refractivity contribution in [2.45, 2.75) is 30.2 Å². The van der Waals surface area contributed by atoms with Crippen molar-refractivity contribution in [3.63, 3.8) is 0 Å². The average molecular weight is 332 g/mol. The maximum absolute atomic E-state index is 12.7. The zero-order valence-corrected chi connectivity index (χ0v) is 13.1. The lowest BCUT2D eigenvalue weighted by molar-refractivity contribution is 0.0507. The molecule has 20 heavy (non-hydrogen) atoms. The Kier molecular flexibility index (Phi) is 2.91. The monoisotopic (exact) mass is 331 g/mol. The summed E-state index contributed by atoms with van der Waals surface area (Å²) < 4.78 is 27.2. The first kappa shape index (κ1) is 13.4. The van der Waals surface area contributed by atoms with Gasteiger partial charge >= 0.3 is 0 Å². The van der Waals surface area contributed by atoms with Crippen molar-refractivity contribution in [3.8, 4) is 0 Å². The minimum absolute atomic E-state index is 0.219. The molecule has 0 radical (unpaired) electrons. The third kappa shape index (κ3) is 1.78. The van der Waals surface area contributed by atoms with Crippen molar-refractivity contribution < 1.29 is 8.42 Å². The Hall–Kier alpha value is -0.290. The Labute approximate surface area is 128 Å². The summed E-state index contributed by atoms with van der Waals surface area (Å²) in [6.07, 6.45) is 3.66. The van der Waals surface area contributed by atoms with Crippen LogP contribution in [0.4, 0.5) is 0 Å². The number of hydrogen-bond donors (Lipinski definition) is 0. The Morgan fingerprint density at radius 2 is 1.70 bits per heavy atom. The maximum Gasteiger partial charge on any atom is 0.243 e. The van der Waals surface area contributed by atoms with E-state index >= 15 is 0 Å². The first-order chi connectivity index (χ1) is 9.46. The molecule has 1 aliphatic heterocycles. The Balaban J connectivity index is 1.68. The van der Waals surface area contributed by atoms with Crippen LogP contribution < -0.4 is 0 Å². The van der Waals surface area contributed by atoms with E-state index in [2.05, 4.69) is 0 Å². The zero-order chi connectivity index (χ0) is 14.1. The van der Waals surface area contributed by atoms with Crippen molar-refractivity contribution in [1.82, 2.24) is 4.31 Å². The van der Waals surface area contributed by atoms with Gasteiger partial charge in [0.2, 0.25) is 10.0 Å². The minimum Gasteiger partial charge on any atom is -0.207 e. The van der Waals surface area contributed by atoms with E-state index in [1.165, 1.54) is 31.4 Å². The van der Waals surface area contributed by atoms with Crippen LogP contribution in [0.3, 0.4) is 0 Å². The lowest BCUT2D eigenvalue weighted by atomic mass is 9.79. The molecule has 4 atom stereocenters. The molecule has 1 aromatic rings. The highest BCUT2D eigenvalue weighted by molar-refractivity contribution is 7.89. The van der Waals surface area contributed by atoms with Crippen LogP contribution in [0.25, 0.3) is 0 Å². The molecule has 1 heterocycles. The molecule has 0 N–H and O–H groups in total. The molecule has 1 saturated heterocycles. The van der Waals surface area contributed by atoms with E-state index < -0.39 is 10.0 Å². The molecule has 3 aliphatic rings. The van der Waals surface area contributed by atoms with Gasteiger partial charge in [-0.25, -0.2) is 8.42 Å². The van der Waals surface area contributed by atoms with Crippen LogP contribution in [0.2, 0.25) is 10.0 Å². The number of nitrogens with zero attached hydrogens (tertiary/aromatic N) is 1. The maximum atomic E-state index is 12.7. The number of hydrogen-bond acceptors (Lipinski definition) is 2. The van der Waals surface area contributed by atoms with Gasteiger partial charge in [0.15, 0.2) is 0 Å². The molecule has 3 fully saturated rings. The van der Waals surface area contributed by atoms with Gasteiger partial charge in [0, 0.05) is 22.6 Å². The summed E-state index contributed by atoms with van der Waals surface area (Å²) >= 11 is 11.9. The molecule has 2 bridgehead atoms. The standard InChI is InChI=1S/C14H15Cl2NO2S/c15-10-4-11(16)6-12(5-10)20(18,19)17-7-13-8-1-2-9(3-8)14(13)17/h4-6,8-9,13-14H,1-3,7H2/t8-,9-,13+,14+/m0/s1. The van der Waals surface area contributed by atoms with Crippen molar-refractivity contribution >= 4 is 33.2 Å². The summed E-state index contributed by atoms with van der Waals surface area (Å²) in [5.74, 6) is 1.89. The fourth-order valence-corrected chi connectivity index (χ4v) is 6.84. The van der Waals surface area contributed by atoms with Gasteiger partial charge in [0.25, 0.3) is 0 Å².